The largest absolute Gasteiger partial charge is 0.497 e. The number of benzene rings is 2. The molecule has 0 unspecified atom stereocenters. The average Bonchev–Trinajstić information content (AvgIpc) is 3.22. The number of nitrogens with zero attached hydrogens (tertiary/aromatic N) is 3. The molecule has 29 heavy (non-hydrogen) atoms. The van der Waals surface area contributed by atoms with Crippen molar-refractivity contribution in [1.82, 2.24) is 15.0 Å². The van der Waals surface area contributed by atoms with Gasteiger partial charge in [-0.15, -0.1) is 6.58 Å². The van der Waals surface area contributed by atoms with Crippen molar-refractivity contribution in [3.05, 3.63) is 72.1 Å². The van der Waals surface area contributed by atoms with E-state index in [0.717, 1.165) is 16.9 Å². The molecule has 3 aromatic rings. The summed E-state index contributed by atoms with van der Waals surface area (Å²) in [4.78, 5) is 18.7. The lowest BCUT2D eigenvalue weighted by Crippen LogP contribution is -2.26. The molecule has 0 aliphatic rings. The molecule has 0 atom stereocenters. The first kappa shape index (κ1) is 20.1. The first-order valence-electron chi connectivity index (χ1n) is 9.06. The molecule has 3 rings (SSSR count). The van der Waals surface area contributed by atoms with Gasteiger partial charge in [-0.1, -0.05) is 23.4 Å². The van der Waals surface area contributed by atoms with Crippen LogP contribution in [0.2, 0.25) is 0 Å². The second-order valence-corrected chi connectivity index (χ2v) is 6.42. The Balaban J connectivity index is 1.74. The summed E-state index contributed by atoms with van der Waals surface area (Å²) in [6.07, 6.45) is 2.38. The van der Waals surface area contributed by atoms with E-state index in [-0.39, 0.29) is 12.5 Å². The molecule has 0 N–H and O–H groups in total. The van der Waals surface area contributed by atoms with Crippen LogP contribution >= 0.6 is 0 Å². The summed E-state index contributed by atoms with van der Waals surface area (Å²) < 4.78 is 15.9. The Morgan fingerprint density at radius 2 is 2.03 bits per heavy atom. The summed E-state index contributed by atoms with van der Waals surface area (Å²) in [7, 11) is 4.89. The molecule has 7 nitrogen and oxygen atoms in total. The highest BCUT2D eigenvalue weighted by atomic mass is 16.5. The standard InChI is InChI=1S/C22H23N3O4/c1-5-7-15-12-17(10-11-19(15)28-4)22(26)25(2)14-20-23-21(24-29-20)16-8-6-9-18(13-16)27-3/h5-6,8-13H,1,7,14H2,2-4H3. The van der Waals surface area contributed by atoms with E-state index in [4.69, 9.17) is 14.0 Å². The second kappa shape index (κ2) is 9.05. The molecule has 0 fully saturated rings. The monoisotopic (exact) mass is 393 g/mol. The quantitative estimate of drug-likeness (QED) is 0.543. The molecule has 0 saturated heterocycles. The fourth-order valence-corrected chi connectivity index (χ4v) is 2.92. The lowest BCUT2D eigenvalue weighted by atomic mass is 10.1. The van der Waals surface area contributed by atoms with E-state index in [0.29, 0.717) is 29.4 Å². The van der Waals surface area contributed by atoms with Crippen LogP contribution in [0.25, 0.3) is 11.4 Å². The molecule has 1 heterocycles. The molecule has 0 spiro atoms. The third-order valence-corrected chi connectivity index (χ3v) is 4.41. The van der Waals surface area contributed by atoms with E-state index in [9.17, 15) is 4.79 Å². The first-order valence-corrected chi connectivity index (χ1v) is 9.06. The maximum Gasteiger partial charge on any atom is 0.254 e. The van der Waals surface area contributed by atoms with E-state index in [1.807, 2.05) is 30.3 Å². The van der Waals surface area contributed by atoms with Gasteiger partial charge in [-0.25, -0.2) is 0 Å². The maximum atomic E-state index is 12.8. The van der Waals surface area contributed by atoms with E-state index in [1.165, 1.54) is 4.90 Å². The van der Waals surface area contributed by atoms with Gasteiger partial charge in [0.1, 0.15) is 11.5 Å². The van der Waals surface area contributed by atoms with Crippen LogP contribution < -0.4 is 9.47 Å². The van der Waals surface area contributed by atoms with Crippen molar-refractivity contribution in [3.63, 3.8) is 0 Å². The number of carbonyl (C=O) groups excluding carboxylic acids is 1. The van der Waals surface area contributed by atoms with Gasteiger partial charge >= 0.3 is 0 Å². The summed E-state index contributed by atoms with van der Waals surface area (Å²) in [6, 6.07) is 12.7. The molecule has 0 saturated carbocycles. The number of methoxy groups -OCH3 is 2. The van der Waals surface area contributed by atoms with Crippen LogP contribution in [-0.2, 0) is 13.0 Å². The summed E-state index contributed by atoms with van der Waals surface area (Å²) in [5, 5.41) is 4.00. The zero-order chi connectivity index (χ0) is 20.8. The Morgan fingerprint density at radius 1 is 1.21 bits per heavy atom. The summed E-state index contributed by atoms with van der Waals surface area (Å²) >= 11 is 0. The van der Waals surface area contributed by atoms with Gasteiger partial charge in [0.15, 0.2) is 0 Å². The third kappa shape index (κ3) is 4.63. The van der Waals surface area contributed by atoms with Crippen molar-refractivity contribution in [3.8, 4) is 22.9 Å². The molecular formula is C22H23N3O4. The Hall–Kier alpha value is -3.61. The number of hydrogen-bond acceptors (Lipinski definition) is 6. The number of hydrogen-bond donors (Lipinski definition) is 0. The number of amides is 1. The second-order valence-electron chi connectivity index (χ2n) is 6.42. The van der Waals surface area contributed by atoms with Crippen LogP contribution in [0.5, 0.6) is 11.5 Å². The molecule has 0 radical (unpaired) electrons. The Labute approximate surface area is 169 Å². The van der Waals surface area contributed by atoms with Crippen LogP contribution in [0.3, 0.4) is 0 Å². The number of allylic oxidation sites excluding steroid dienone is 1. The number of ether oxygens (including phenoxy) is 2. The van der Waals surface area contributed by atoms with Gasteiger partial charge in [-0.05, 0) is 42.3 Å². The van der Waals surface area contributed by atoms with Crippen molar-refractivity contribution in [1.29, 1.82) is 0 Å². The minimum absolute atomic E-state index is 0.154. The highest BCUT2D eigenvalue weighted by Gasteiger charge is 2.18. The lowest BCUT2D eigenvalue weighted by Gasteiger charge is -2.16. The number of rotatable bonds is 8. The number of carbonyl (C=O) groups is 1. The molecule has 1 amide bonds. The van der Waals surface area contributed by atoms with Crippen molar-refractivity contribution in [2.45, 2.75) is 13.0 Å². The number of aromatic nitrogens is 2. The van der Waals surface area contributed by atoms with E-state index >= 15 is 0 Å². The summed E-state index contributed by atoms with van der Waals surface area (Å²) in [5.74, 6) is 2.06. The SMILES string of the molecule is C=CCc1cc(C(=O)N(C)Cc2nc(-c3cccc(OC)c3)no2)ccc1OC. The van der Waals surface area contributed by atoms with Gasteiger partial charge in [0, 0.05) is 18.2 Å². The van der Waals surface area contributed by atoms with Crippen LogP contribution in [0.15, 0.2) is 59.6 Å². The molecule has 0 aliphatic heterocycles. The first-order chi connectivity index (χ1) is 14.0. The van der Waals surface area contributed by atoms with E-state index in [2.05, 4.69) is 16.7 Å². The fraction of sp³-hybridized carbons (Fsp3) is 0.227. The predicted molar refractivity (Wildman–Crippen MR) is 109 cm³/mol. The summed E-state index contributed by atoms with van der Waals surface area (Å²) in [5.41, 5.74) is 2.23. The minimum atomic E-state index is -0.154. The van der Waals surface area contributed by atoms with Gasteiger partial charge in [0.05, 0.1) is 20.8 Å². The average molecular weight is 393 g/mol. The summed E-state index contributed by atoms with van der Waals surface area (Å²) in [6.45, 7) is 3.94. The minimum Gasteiger partial charge on any atom is -0.497 e. The van der Waals surface area contributed by atoms with E-state index < -0.39 is 0 Å². The maximum absolute atomic E-state index is 12.8. The zero-order valence-electron chi connectivity index (χ0n) is 16.7. The van der Waals surface area contributed by atoms with Gasteiger partial charge in [-0.2, -0.15) is 4.98 Å². The molecule has 7 heteroatoms. The van der Waals surface area contributed by atoms with Crippen molar-refractivity contribution >= 4 is 5.91 Å². The lowest BCUT2D eigenvalue weighted by molar-refractivity contribution is 0.0769. The molecule has 1 aromatic heterocycles. The van der Waals surface area contributed by atoms with Crippen LogP contribution in [-0.4, -0.2) is 42.2 Å². The normalized spacial score (nSPS) is 10.4. The van der Waals surface area contributed by atoms with Crippen molar-refractivity contribution in [2.75, 3.05) is 21.3 Å². The van der Waals surface area contributed by atoms with E-state index in [1.54, 1.807) is 39.5 Å². The molecule has 2 aromatic carbocycles. The van der Waals surface area contributed by atoms with Crippen LogP contribution in [0.4, 0.5) is 0 Å². The van der Waals surface area contributed by atoms with Crippen molar-refractivity contribution < 1.29 is 18.8 Å². The fourth-order valence-electron chi connectivity index (χ4n) is 2.92. The highest BCUT2D eigenvalue weighted by Crippen LogP contribution is 2.23. The molecule has 0 bridgehead atoms. The van der Waals surface area contributed by atoms with Crippen LogP contribution in [0.1, 0.15) is 21.8 Å². The van der Waals surface area contributed by atoms with Gasteiger partial charge in [0.2, 0.25) is 11.7 Å². The Morgan fingerprint density at radius 3 is 2.76 bits per heavy atom. The molecule has 0 aliphatic carbocycles. The zero-order valence-corrected chi connectivity index (χ0v) is 16.7. The third-order valence-electron chi connectivity index (χ3n) is 4.41. The van der Waals surface area contributed by atoms with Crippen molar-refractivity contribution in [2.24, 2.45) is 0 Å². The van der Waals surface area contributed by atoms with Gasteiger partial charge < -0.3 is 18.9 Å². The topological polar surface area (TPSA) is 77.7 Å². The Kier molecular flexibility index (Phi) is 6.29. The van der Waals surface area contributed by atoms with Crippen LogP contribution in [0, 0.1) is 0 Å². The van der Waals surface area contributed by atoms with Gasteiger partial charge in [0.25, 0.3) is 5.91 Å². The highest BCUT2D eigenvalue weighted by molar-refractivity contribution is 5.94. The Bertz CT molecular complexity index is 1010. The molecular weight excluding hydrogens is 370 g/mol. The predicted octanol–water partition coefficient (Wildman–Crippen LogP) is 3.75. The van der Waals surface area contributed by atoms with Gasteiger partial charge in [-0.3, -0.25) is 4.79 Å². The molecule has 150 valence electrons. The smallest absolute Gasteiger partial charge is 0.254 e.